The standard InChI is InChI=1S/C21H14ClF2N5O5S/c22-12-3-1-2-4-15(12)28-35(33,34)18-10-26-29-17(21(31)32)8-16(27-19(18)29)20(30)25-9-11-5-6-13(23)14(24)7-11/h1-8,10,28H,9H2,(H,25,30)(H,31,32). The van der Waals surface area contributed by atoms with Crippen LogP contribution in [-0.2, 0) is 16.6 Å². The van der Waals surface area contributed by atoms with E-state index in [1.54, 1.807) is 12.1 Å². The summed E-state index contributed by atoms with van der Waals surface area (Å²) in [7, 11) is -4.35. The molecule has 0 aliphatic heterocycles. The summed E-state index contributed by atoms with van der Waals surface area (Å²) in [5.41, 5.74) is -1.11. The minimum Gasteiger partial charge on any atom is -0.477 e. The lowest BCUT2D eigenvalue weighted by Gasteiger charge is -2.10. The number of nitrogens with one attached hydrogen (secondary N) is 2. The topological polar surface area (TPSA) is 143 Å². The van der Waals surface area contributed by atoms with Gasteiger partial charge >= 0.3 is 5.97 Å². The van der Waals surface area contributed by atoms with E-state index < -0.39 is 55.5 Å². The van der Waals surface area contributed by atoms with Crippen LogP contribution in [0, 0.1) is 11.6 Å². The van der Waals surface area contributed by atoms with Gasteiger partial charge in [0, 0.05) is 12.6 Å². The summed E-state index contributed by atoms with van der Waals surface area (Å²) in [6, 6.07) is 9.96. The van der Waals surface area contributed by atoms with Gasteiger partial charge in [0.05, 0.1) is 16.9 Å². The monoisotopic (exact) mass is 521 g/mol. The van der Waals surface area contributed by atoms with E-state index in [0.29, 0.717) is 0 Å². The SMILES string of the molecule is O=C(NCc1ccc(F)c(F)c1)c1cc(C(=O)O)n2ncc(S(=O)(=O)Nc3ccccc3Cl)c2n1. The van der Waals surface area contributed by atoms with Gasteiger partial charge in [-0.15, -0.1) is 0 Å². The van der Waals surface area contributed by atoms with Crippen LogP contribution in [0.5, 0.6) is 0 Å². The molecule has 14 heteroatoms. The maximum atomic E-state index is 13.4. The number of para-hydroxylation sites is 1. The van der Waals surface area contributed by atoms with E-state index in [1.165, 1.54) is 18.2 Å². The molecule has 2 heterocycles. The molecule has 0 saturated heterocycles. The summed E-state index contributed by atoms with van der Waals surface area (Å²) in [6.07, 6.45) is 0.886. The maximum absolute atomic E-state index is 13.4. The fourth-order valence-electron chi connectivity index (χ4n) is 3.07. The molecule has 0 unspecified atom stereocenters. The summed E-state index contributed by atoms with van der Waals surface area (Å²) < 4.78 is 55.5. The molecule has 2 aromatic carbocycles. The van der Waals surface area contributed by atoms with E-state index in [-0.39, 0.29) is 22.8 Å². The van der Waals surface area contributed by atoms with Gasteiger partial charge in [0.25, 0.3) is 15.9 Å². The van der Waals surface area contributed by atoms with Crippen molar-refractivity contribution in [2.24, 2.45) is 0 Å². The number of carbonyl (C=O) groups excluding carboxylic acids is 1. The number of benzene rings is 2. The lowest BCUT2D eigenvalue weighted by atomic mass is 10.2. The Morgan fingerprint density at radius 2 is 1.83 bits per heavy atom. The van der Waals surface area contributed by atoms with Gasteiger partial charge in [-0.3, -0.25) is 9.52 Å². The first-order chi connectivity index (χ1) is 16.6. The van der Waals surface area contributed by atoms with Crippen LogP contribution < -0.4 is 10.0 Å². The van der Waals surface area contributed by atoms with Crippen molar-refractivity contribution in [2.45, 2.75) is 11.4 Å². The van der Waals surface area contributed by atoms with Crippen molar-refractivity contribution in [2.75, 3.05) is 4.72 Å². The Morgan fingerprint density at radius 1 is 1.09 bits per heavy atom. The Labute approximate surface area is 201 Å². The van der Waals surface area contributed by atoms with Gasteiger partial charge < -0.3 is 10.4 Å². The number of fused-ring (bicyclic) bond motifs is 1. The first kappa shape index (κ1) is 24.0. The normalized spacial score (nSPS) is 11.4. The number of nitrogens with zero attached hydrogens (tertiary/aromatic N) is 3. The predicted octanol–water partition coefficient (Wildman–Crippen LogP) is 3.09. The van der Waals surface area contributed by atoms with Crippen LogP contribution in [0.3, 0.4) is 0 Å². The van der Waals surface area contributed by atoms with Crippen molar-refractivity contribution < 1.29 is 31.9 Å². The van der Waals surface area contributed by atoms with Crippen molar-refractivity contribution in [1.29, 1.82) is 0 Å². The zero-order valence-corrected chi connectivity index (χ0v) is 18.9. The summed E-state index contributed by atoms with van der Waals surface area (Å²) in [4.78, 5) is 27.9. The number of carboxylic acid groups (broad SMARTS) is 1. The first-order valence-electron chi connectivity index (χ1n) is 9.68. The highest BCUT2D eigenvalue weighted by Gasteiger charge is 2.26. The van der Waals surface area contributed by atoms with Gasteiger partial charge in [0.15, 0.2) is 27.9 Å². The molecule has 4 rings (SSSR count). The third kappa shape index (κ3) is 4.90. The number of hydrogen-bond acceptors (Lipinski definition) is 6. The molecule has 0 aliphatic carbocycles. The summed E-state index contributed by atoms with van der Waals surface area (Å²) in [6.45, 7) is -0.232. The van der Waals surface area contributed by atoms with Crippen LogP contribution in [0.2, 0.25) is 5.02 Å². The second-order valence-electron chi connectivity index (χ2n) is 7.09. The van der Waals surface area contributed by atoms with Crippen molar-refractivity contribution >= 4 is 44.8 Å². The molecule has 0 spiro atoms. The van der Waals surface area contributed by atoms with E-state index in [4.69, 9.17) is 11.6 Å². The Balaban J connectivity index is 1.71. The fraction of sp³-hybridized carbons (Fsp3) is 0.0476. The molecule has 0 radical (unpaired) electrons. The molecule has 3 N–H and O–H groups in total. The highest BCUT2D eigenvalue weighted by atomic mass is 35.5. The zero-order valence-electron chi connectivity index (χ0n) is 17.4. The molecule has 0 bridgehead atoms. The van der Waals surface area contributed by atoms with E-state index in [0.717, 1.165) is 28.9 Å². The lowest BCUT2D eigenvalue weighted by Crippen LogP contribution is -2.25. The Bertz CT molecular complexity index is 1590. The molecule has 2 aromatic heterocycles. The fourth-order valence-corrected chi connectivity index (χ4v) is 4.44. The highest BCUT2D eigenvalue weighted by Crippen LogP contribution is 2.26. The quantitative estimate of drug-likeness (QED) is 0.339. The van der Waals surface area contributed by atoms with Gasteiger partial charge in [-0.25, -0.2) is 31.5 Å². The summed E-state index contributed by atoms with van der Waals surface area (Å²) in [5.74, 6) is -4.55. The largest absolute Gasteiger partial charge is 0.477 e. The molecule has 0 atom stereocenters. The van der Waals surface area contributed by atoms with Gasteiger partial charge in [-0.05, 0) is 29.8 Å². The molecule has 0 aliphatic rings. The zero-order chi connectivity index (χ0) is 25.3. The minimum absolute atomic E-state index is 0.0624. The van der Waals surface area contributed by atoms with E-state index >= 15 is 0 Å². The van der Waals surface area contributed by atoms with E-state index in [1.807, 2.05) is 0 Å². The third-order valence-electron chi connectivity index (χ3n) is 4.74. The Kier molecular flexibility index (Phi) is 6.37. The number of hydrogen-bond donors (Lipinski definition) is 3. The van der Waals surface area contributed by atoms with Gasteiger partial charge in [-0.1, -0.05) is 29.8 Å². The average molecular weight is 522 g/mol. The molecule has 4 aromatic rings. The van der Waals surface area contributed by atoms with Crippen molar-refractivity contribution in [3.05, 3.63) is 88.3 Å². The van der Waals surface area contributed by atoms with Crippen LogP contribution in [-0.4, -0.2) is 40.0 Å². The van der Waals surface area contributed by atoms with Crippen molar-refractivity contribution in [3.63, 3.8) is 0 Å². The molecule has 1 amide bonds. The number of rotatable bonds is 7. The second-order valence-corrected chi connectivity index (χ2v) is 9.15. The smallest absolute Gasteiger partial charge is 0.354 e. The minimum atomic E-state index is -4.35. The predicted molar refractivity (Wildman–Crippen MR) is 120 cm³/mol. The molecular formula is C21H14ClF2N5O5S. The average Bonchev–Trinajstić information content (AvgIpc) is 3.25. The Morgan fingerprint density at radius 3 is 2.51 bits per heavy atom. The molecule has 0 fully saturated rings. The number of aromatic carboxylic acids is 1. The maximum Gasteiger partial charge on any atom is 0.354 e. The van der Waals surface area contributed by atoms with Crippen LogP contribution in [0.25, 0.3) is 5.65 Å². The van der Waals surface area contributed by atoms with E-state index in [9.17, 15) is 31.9 Å². The summed E-state index contributed by atoms with van der Waals surface area (Å²) >= 11 is 6.01. The number of carboxylic acids is 1. The van der Waals surface area contributed by atoms with Crippen LogP contribution in [0.15, 0.2) is 59.6 Å². The molecule has 180 valence electrons. The number of carbonyl (C=O) groups is 2. The third-order valence-corrected chi connectivity index (χ3v) is 6.42. The first-order valence-corrected chi connectivity index (χ1v) is 11.5. The van der Waals surface area contributed by atoms with Crippen LogP contribution in [0.1, 0.15) is 26.5 Å². The number of amides is 1. The number of anilines is 1. The number of sulfonamides is 1. The molecule has 0 saturated carbocycles. The van der Waals surface area contributed by atoms with Crippen LogP contribution >= 0.6 is 11.6 Å². The van der Waals surface area contributed by atoms with E-state index in [2.05, 4.69) is 20.1 Å². The Hall–Kier alpha value is -4.10. The highest BCUT2D eigenvalue weighted by molar-refractivity contribution is 7.93. The number of aromatic nitrogens is 3. The lowest BCUT2D eigenvalue weighted by molar-refractivity contribution is 0.0687. The molecule has 35 heavy (non-hydrogen) atoms. The number of halogens is 3. The molecular weight excluding hydrogens is 508 g/mol. The van der Waals surface area contributed by atoms with Gasteiger partial charge in [-0.2, -0.15) is 5.10 Å². The summed E-state index contributed by atoms with van der Waals surface area (Å²) in [5, 5.41) is 15.9. The van der Waals surface area contributed by atoms with Crippen LogP contribution in [0.4, 0.5) is 14.5 Å². The van der Waals surface area contributed by atoms with Crippen molar-refractivity contribution in [3.8, 4) is 0 Å². The van der Waals surface area contributed by atoms with Crippen molar-refractivity contribution in [1.82, 2.24) is 19.9 Å². The molecule has 10 nitrogen and oxygen atoms in total. The van der Waals surface area contributed by atoms with Gasteiger partial charge in [0.1, 0.15) is 5.69 Å². The van der Waals surface area contributed by atoms with Gasteiger partial charge in [0.2, 0.25) is 0 Å². The second kappa shape index (κ2) is 9.27.